The Labute approximate surface area is 89.9 Å². The van der Waals surface area contributed by atoms with Crippen molar-refractivity contribution in [2.45, 2.75) is 20.0 Å². The molecular weight excluding hydrogens is 186 g/mol. The van der Waals surface area contributed by atoms with Crippen LogP contribution >= 0.6 is 0 Å². The molecule has 0 aliphatic carbocycles. The highest BCUT2D eigenvalue weighted by molar-refractivity contribution is 5.16. The Morgan fingerprint density at radius 1 is 1.07 bits per heavy atom. The van der Waals surface area contributed by atoms with Crippen LogP contribution in [0.5, 0.6) is 0 Å². The summed E-state index contributed by atoms with van der Waals surface area (Å²) in [4.78, 5) is 0. The Balaban J connectivity index is 1.83. The van der Waals surface area contributed by atoms with Crippen LogP contribution in [0.2, 0.25) is 0 Å². The summed E-state index contributed by atoms with van der Waals surface area (Å²) in [6.07, 6.45) is 1.73. The highest BCUT2D eigenvalue weighted by atomic mass is 16.3. The lowest BCUT2D eigenvalue weighted by Crippen LogP contribution is -2.12. The summed E-state index contributed by atoms with van der Waals surface area (Å²) >= 11 is 0. The predicted molar refractivity (Wildman–Crippen MR) is 60.4 cm³/mol. The molecule has 2 rings (SSSR count). The Bertz CT molecular complexity index is 405. The number of hydrogen-bond donors (Lipinski definition) is 1. The lowest BCUT2D eigenvalue weighted by atomic mass is 10.2. The third-order valence-electron chi connectivity index (χ3n) is 2.43. The van der Waals surface area contributed by atoms with Crippen LogP contribution in [0.25, 0.3) is 0 Å². The minimum absolute atomic E-state index is 0.785. The average Bonchev–Trinajstić information content (AvgIpc) is 2.66. The highest BCUT2D eigenvalue weighted by Gasteiger charge is 2.00. The van der Waals surface area contributed by atoms with Gasteiger partial charge in [0.15, 0.2) is 0 Å². The van der Waals surface area contributed by atoms with E-state index in [1.165, 1.54) is 11.1 Å². The summed E-state index contributed by atoms with van der Waals surface area (Å²) < 4.78 is 5.34. The monoisotopic (exact) mass is 201 g/mol. The summed E-state index contributed by atoms with van der Waals surface area (Å²) in [5, 5.41) is 3.35. The van der Waals surface area contributed by atoms with Gasteiger partial charge in [0, 0.05) is 6.54 Å². The summed E-state index contributed by atoms with van der Waals surface area (Å²) in [6.45, 7) is 3.72. The van der Waals surface area contributed by atoms with Gasteiger partial charge in [-0.1, -0.05) is 30.3 Å². The zero-order valence-corrected chi connectivity index (χ0v) is 8.86. The van der Waals surface area contributed by atoms with Crippen molar-refractivity contribution in [2.24, 2.45) is 0 Å². The van der Waals surface area contributed by atoms with Gasteiger partial charge in [-0.25, -0.2) is 0 Å². The molecule has 0 amide bonds. The van der Waals surface area contributed by atoms with Crippen LogP contribution in [0.3, 0.4) is 0 Å². The van der Waals surface area contributed by atoms with Crippen LogP contribution < -0.4 is 5.32 Å². The first-order chi connectivity index (χ1) is 7.36. The SMILES string of the molecule is Cc1ccoc1CNCc1ccccc1. The van der Waals surface area contributed by atoms with Crippen molar-refractivity contribution in [2.75, 3.05) is 0 Å². The summed E-state index contributed by atoms with van der Waals surface area (Å²) in [7, 11) is 0. The number of hydrogen-bond acceptors (Lipinski definition) is 2. The van der Waals surface area contributed by atoms with Gasteiger partial charge in [0.05, 0.1) is 12.8 Å². The Hall–Kier alpha value is -1.54. The lowest BCUT2D eigenvalue weighted by Gasteiger charge is -2.03. The van der Waals surface area contributed by atoms with E-state index in [1.54, 1.807) is 6.26 Å². The minimum atomic E-state index is 0.785. The molecule has 2 aromatic rings. The minimum Gasteiger partial charge on any atom is -0.468 e. The van der Waals surface area contributed by atoms with Crippen molar-refractivity contribution in [3.05, 3.63) is 59.5 Å². The third kappa shape index (κ3) is 2.70. The van der Waals surface area contributed by atoms with Gasteiger partial charge in [-0.05, 0) is 24.1 Å². The summed E-state index contributed by atoms with van der Waals surface area (Å²) in [5.41, 5.74) is 2.50. The Kier molecular flexibility index (Phi) is 3.20. The van der Waals surface area contributed by atoms with Gasteiger partial charge in [0.25, 0.3) is 0 Å². The van der Waals surface area contributed by atoms with E-state index >= 15 is 0 Å². The zero-order valence-electron chi connectivity index (χ0n) is 8.86. The molecule has 1 aromatic carbocycles. The first-order valence-electron chi connectivity index (χ1n) is 5.14. The second-order valence-corrected chi connectivity index (χ2v) is 3.62. The predicted octanol–water partition coefficient (Wildman–Crippen LogP) is 2.88. The van der Waals surface area contributed by atoms with Crippen molar-refractivity contribution >= 4 is 0 Å². The van der Waals surface area contributed by atoms with E-state index in [0.29, 0.717) is 0 Å². The van der Waals surface area contributed by atoms with Crippen molar-refractivity contribution < 1.29 is 4.42 Å². The maximum Gasteiger partial charge on any atom is 0.120 e. The first kappa shape index (κ1) is 9.99. The maximum absolute atomic E-state index is 5.34. The molecule has 0 atom stereocenters. The molecule has 0 radical (unpaired) electrons. The van der Waals surface area contributed by atoms with Crippen molar-refractivity contribution in [1.82, 2.24) is 5.32 Å². The molecule has 15 heavy (non-hydrogen) atoms. The van der Waals surface area contributed by atoms with E-state index in [-0.39, 0.29) is 0 Å². The molecule has 0 aliphatic heterocycles. The van der Waals surface area contributed by atoms with Crippen molar-refractivity contribution in [3.8, 4) is 0 Å². The molecule has 0 bridgehead atoms. The second-order valence-electron chi connectivity index (χ2n) is 3.62. The van der Waals surface area contributed by atoms with Gasteiger partial charge in [0.1, 0.15) is 5.76 Å². The van der Waals surface area contributed by atoms with E-state index in [4.69, 9.17) is 4.42 Å². The number of nitrogens with one attached hydrogen (secondary N) is 1. The molecule has 0 unspecified atom stereocenters. The topological polar surface area (TPSA) is 25.2 Å². The molecule has 1 heterocycles. The molecule has 0 spiro atoms. The number of benzene rings is 1. The molecule has 1 aromatic heterocycles. The quantitative estimate of drug-likeness (QED) is 0.822. The first-order valence-corrected chi connectivity index (χ1v) is 5.14. The van der Waals surface area contributed by atoms with Gasteiger partial charge < -0.3 is 9.73 Å². The molecular formula is C13H15NO. The van der Waals surface area contributed by atoms with E-state index in [1.807, 2.05) is 12.1 Å². The summed E-state index contributed by atoms with van der Waals surface area (Å²) in [6, 6.07) is 12.3. The normalized spacial score (nSPS) is 10.5. The largest absolute Gasteiger partial charge is 0.468 e. The van der Waals surface area contributed by atoms with Crippen molar-refractivity contribution in [1.29, 1.82) is 0 Å². The van der Waals surface area contributed by atoms with Crippen LogP contribution in [0, 0.1) is 6.92 Å². The fraction of sp³-hybridized carbons (Fsp3) is 0.231. The maximum atomic E-state index is 5.34. The number of furan rings is 1. The van der Waals surface area contributed by atoms with Crippen LogP contribution in [0.1, 0.15) is 16.9 Å². The molecule has 78 valence electrons. The fourth-order valence-electron chi connectivity index (χ4n) is 1.50. The van der Waals surface area contributed by atoms with Gasteiger partial charge in [-0.3, -0.25) is 0 Å². The van der Waals surface area contributed by atoms with Crippen LogP contribution in [0.4, 0.5) is 0 Å². The zero-order chi connectivity index (χ0) is 10.5. The van der Waals surface area contributed by atoms with E-state index in [2.05, 4.69) is 36.5 Å². The van der Waals surface area contributed by atoms with Gasteiger partial charge in [-0.15, -0.1) is 0 Å². The molecule has 0 aliphatic rings. The van der Waals surface area contributed by atoms with E-state index < -0.39 is 0 Å². The van der Waals surface area contributed by atoms with E-state index in [9.17, 15) is 0 Å². The standard InChI is InChI=1S/C13H15NO/c1-11-7-8-15-13(11)10-14-9-12-5-3-2-4-6-12/h2-8,14H,9-10H2,1H3. The molecule has 2 heteroatoms. The number of aryl methyl sites for hydroxylation is 1. The molecule has 1 N–H and O–H groups in total. The van der Waals surface area contributed by atoms with Gasteiger partial charge in [-0.2, -0.15) is 0 Å². The molecule has 0 saturated heterocycles. The average molecular weight is 201 g/mol. The molecule has 2 nitrogen and oxygen atoms in total. The molecule has 0 fully saturated rings. The van der Waals surface area contributed by atoms with Crippen molar-refractivity contribution in [3.63, 3.8) is 0 Å². The Morgan fingerprint density at radius 3 is 2.53 bits per heavy atom. The highest BCUT2D eigenvalue weighted by Crippen LogP contribution is 2.08. The summed E-state index contributed by atoms with van der Waals surface area (Å²) in [5.74, 6) is 1.02. The smallest absolute Gasteiger partial charge is 0.120 e. The Morgan fingerprint density at radius 2 is 1.87 bits per heavy atom. The number of rotatable bonds is 4. The van der Waals surface area contributed by atoms with Crippen LogP contribution in [-0.2, 0) is 13.1 Å². The third-order valence-corrected chi connectivity index (χ3v) is 2.43. The van der Waals surface area contributed by atoms with Crippen LogP contribution in [-0.4, -0.2) is 0 Å². The van der Waals surface area contributed by atoms with Gasteiger partial charge >= 0.3 is 0 Å². The van der Waals surface area contributed by atoms with Gasteiger partial charge in [0.2, 0.25) is 0 Å². The lowest BCUT2D eigenvalue weighted by molar-refractivity contribution is 0.480. The van der Waals surface area contributed by atoms with Crippen LogP contribution in [0.15, 0.2) is 47.1 Å². The van der Waals surface area contributed by atoms with E-state index in [0.717, 1.165) is 18.8 Å². The molecule has 0 saturated carbocycles. The fourth-order valence-corrected chi connectivity index (χ4v) is 1.50. The second kappa shape index (κ2) is 4.80.